The molecule has 0 aliphatic carbocycles. The third-order valence-electron chi connectivity index (χ3n) is 4.81. The number of aromatic nitrogens is 2. The van der Waals surface area contributed by atoms with Crippen molar-refractivity contribution in [1.82, 2.24) is 9.97 Å². The molecule has 2 aromatic carbocycles. The number of halogens is 3. The fraction of sp³-hybridized carbons (Fsp3) is 0.136. The Hall–Kier alpha value is -3.17. The third kappa shape index (κ3) is 4.39. The van der Waals surface area contributed by atoms with Gasteiger partial charge in [0.15, 0.2) is 21.4 Å². The summed E-state index contributed by atoms with van der Waals surface area (Å²) in [4.78, 5) is 17.8. The zero-order chi connectivity index (χ0) is 23.2. The number of aromatic amines is 2. The number of fused-ring (bicyclic) bond motifs is 1. The van der Waals surface area contributed by atoms with Crippen LogP contribution in [0.3, 0.4) is 0 Å². The summed E-state index contributed by atoms with van der Waals surface area (Å²) < 4.78 is 57.0. The van der Waals surface area contributed by atoms with Crippen LogP contribution in [0.15, 0.2) is 47.3 Å². The minimum absolute atomic E-state index is 0.113. The maximum atomic E-state index is 14.2. The molecule has 0 unspecified atom stereocenters. The highest BCUT2D eigenvalue weighted by Crippen LogP contribution is 2.40. The van der Waals surface area contributed by atoms with E-state index < -0.39 is 27.0 Å². The summed E-state index contributed by atoms with van der Waals surface area (Å²) in [5.41, 5.74) is 1.87. The Morgan fingerprint density at radius 3 is 2.44 bits per heavy atom. The number of hydrogen-bond donors (Lipinski definition) is 2. The van der Waals surface area contributed by atoms with E-state index in [2.05, 4.69) is 9.97 Å². The largest absolute Gasteiger partial charge is 0.454 e. The van der Waals surface area contributed by atoms with Gasteiger partial charge >= 0.3 is 0 Å². The Labute approximate surface area is 186 Å². The second kappa shape index (κ2) is 8.07. The minimum Gasteiger partial charge on any atom is -0.454 e. The Morgan fingerprint density at radius 2 is 1.75 bits per heavy atom. The molecule has 2 N–H and O–H groups in total. The summed E-state index contributed by atoms with van der Waals surface area (Å²) in [7, 11) is -3.34. The van der Waals surface area contributed by atoms with Gasteiger partial charge in [-0.15, -0.1) is 0 Å². The van der Waals surface area contributed by atoms with Gasteiger partial charge in [0.25, 0.3) is 5.56 Å². The van der Waals surface area contributed by atoms with Crippen LogP contribution in [0.25, 0.3) is 22.0 Å². The first-order valence-electron chi connectivity index (χ1n) is 9.37. The first-order chi connectivity index (χ1) is 15.0. The number of ether oxygens (including phenoxy) is 1. The topological polar surface area (TPSA) is 92.0 Å². The van der Waals surface area contributed by atoms with Gasteiger partial charge in [-0.25, -0.2) is 17.2 Å². The van der Waals surface area contributed by atoms with Crippen molar-refractivity contribution in [3.63, 3.8) is 0 Å². The molecule has 6 nitrogen and oxygen atoms in total. The van der Waals surface area contributed by atoms with Crippen LogP contribution in [-0.2, 0) is 15.6 Å². The van der Waals surface area contributed by atoms with E-state index in [4.69, 9.17) is 16.3 Å². The molecule has 4 aromatic rings. The van der Waals surface area contributed by atoms with Crippen LogP contribution in [0.2, 0.25) is 5.15 Å². The lowest BCUT2D eigenvalue weighted by Crippen LogP contribution is -2.05. The second-order valence-corrected chi connectivity index (χ2v) is 9.98. The molecule has 0 bridgehead atoms. The first kappa shape index (κ1) is 22.0. The number of nitrogens with one attached hydrogen (secondary N) is 2. The second-order valence-electron chi connectivity index (χ2n) is 7.44. The van der Waals surface area contributed by atoms with Crippen LogP contribution in [-0.4, -0.2) is 24.6 Å². The molecular formula is C22H17ClF2N2O4S. The SMILES string of the molecule is Cc1[nH]c2c(=O)[nH]c(Cl)cc2c1-c1cc(CS(C)(=O)=O)ccc1Oc1ccc(F)cc1F. The van der Waals surface area contributed by atoms with Crippen molar-refractivity contribution >= 4 is 32.3 Å². The monoisotopic (exact) mass is 478 g/mol. The Bertz CT molecular complexity index is 1530. The normalized spacial score (nSPS) is 11.8. The number of sulfone groups is 1. The van der Waals surface area contributed by atoms with Gasteiger partial charge in [0.05, 0.1) is 5.75 Å². The fourth-order valence-electron chi connectivity index (χ4n) is 3.58. The zero-order valence-electron chi connectivity index (χ0n) is 16.9. The number of rotatable bonds is 5. The molecule has 0 aliphatic rings. The highest BCUT2D eigenvalue weighted by molar-refractivity contribution is 7.89. The van der Waals surface area contributed by atoms with E-state index in [0.29, 0.717) is 33.8 Å². The van der Waals surface area contributed by atoms with Gasteiger partial charge in [0, 0.05) is 34.5 Å². The van der Waals surface area contributed by atoms with Gasteiger partial charge in [-0.1, -0.05) is 17.7 Å². The van der Waals surface area contributed by atoms with E-state index in [0.717, 1.165) is 18.4 Å². The molecule has 0 atom stereocenters. The quantitative estimate of drug-likeness (QED) is 0.390. The molecule has 0 spiro atoms. The zero-order valence-corrected chi connectivity index (χ0v) is 18.5. The predicted molar refractivity (Wildman–Crippen MR) is 119 cm³/mol. The number of aryl methyl sites for hydroxylation is 1. The lowest BCUT2D eigenvalue weighted by atomic mass is 9.99. The van der Waals surface area contributed by atoms with E-state index in [9.17, 15) is 22.0 Å². The Balaban J connectivity index is 1.96. The number of hydrogen-bond acceptors (Lipinski definition) is 4. The van der Waals surface area contributed by atoms with Crippen LogP contribution in [0.4, 0.5) is 8.78 Å². The number of benzene rings is 2. The highest BCUT2D eigenvalue weighted by Gasteiger charge is 2.20. The number of H-pyrrole nitrogens is 2. The minimum atomic E-state index is -3.34. The molecular weight excluding hydrogens is 462 g/mol. The van der Waals surface area contributed by atoms with Crippen LogP contribution >= 0.6 is 11.6 Å². The van der Waals surface area contributed by atoms with Crippen molar-refractivity contribution in [2.24, 2.45) is 0 Å². The van der Waals surface area contributed by atoms with Crippen molar-refractivity contribution < 1.29 is 21.9 Å². The Kier molecular flexibility index (Phi) is 5.56. The molecule has 0 fully saturated rings. The highest BCUT2D eigenvalue weighted by atomic mass is 35.5. The van der Waals surface area contributed by atoms with Gasteiger partial charge in [-0.05, 0) is 42.8 Å². The van der Waals surface area contributed by atoms with E-state index >= 15 is 0 Å². The fourth-order valence-corrected chi connectivity index (χ4v) is 4.56. The molecule has 2 heterocycles. The van der Waals surface area contributed by atoms with Crippen LogP contribution in [0.1, 0.15) is 11.3 Å². The molecule has 0 amide bonds. The van der Waals surface area contributed by atoms with E-state index in [1.54, 1.807) is 25.1 Å². The summed E-state index contributed by atoms with van der Waals surface area (Å²) in [6, 6.07) is 9.13. The average molecular weight is 479 g/mol. The summed E-state index contributed by atoms with van der Waals surface area (Å²) in [5, 5.41) is 0.597. The molecule has 0 saturated carbocycles. The van der Waals surface area contributed by atoms with Gasteiger partial charge < -0.3 is 14.7 Å². The van der Waals surface area contributed by atoms with Crippen LogP contribution < -0.4 is 10.3 Å². The van der Waals surface area contributed by atoms with Gasteiger partial charge in [-0.2, -0.15) is 0 Å². The van der Waals surface area contributed by atoms with Crippen LogP contribution in [0, 0.1) is 18.6 Å². The average Bonchev–Trinajstić information content (AvgIpc) is 3.00. The lowest BCUT2D eigenvalue weighted by molar-refractivity contribution is 0.439. The maximum Gasteiger partial charge on any atom is 0.273 e. The first-order valence-corrected chi connectivity index (χ1v) is 11.8. The van der Waals surface area contributed by atoms with E-state index in [1.807, 2.05) is 0 Å². The summed E-state index contributed by atoms with van der Waals surface area (Å²) >= 11 is 6.05. The molecule has 4 rings (SSSR count). The molecule has 0 saturated heterocycles. The van der Waals surface area contributed by atoms with Crippen molar-refractivity contribution in [3.05, 3.63) is 80.9 Å². The summed E-state index contributed by atoms with van der Waals surface area (Å²) in [6.07, 6.45) is 1.11. The molecule has 2 aromatic heterocycles. The predicted octanol–water partition coefficient (Wildman–Crippen LogP) is 5.10. The smallest absolute Gasteiger partial charge is 0.273 e. The van der Waals surface area contributed by atoms with Crippen LogP contribution in [0.5, 0.6) is 11.5 Å². The standard InChI is InChI=1S/C22H17ClF2N2O4S/c1-11-20(15-9-19(23)27-22(28)21(15)26-11)14-7-12(10-32(2,29)30)3-5-17(14)31-18-6-4-13(24)8-16(18)25/h3-9,26H,10H2,1-2H3,(H,27,28). The lowest BCUT2D eigenvalue weighted by Gasteiger charge is -2.14. The summed E-state index contributed by atoms with van der Waals surface area (Å²) in [6.45, 7) is 1.73. The van der Waals surface area contributed by atoms with E-state index in [-0.39, 0.29) is 27.9 Å². The number of pyridine rings is 1. The molecule has 0 radical (unpaired) electrons. The molecule has 32 heavy (non-hydrogen) atoms. The van der Waals surface area contributed by atoms with Gasteiger partial charge in [0.2, 0.25) is 0 Å². The maximum absolute atomic E-state index is 14.2. The van der Waals surface area contributed by atoms with E-state index in [1.165, 1.54) is 6.07 Å². The van der Waals surface area contributed by atoms with Gasteiger partial charge in [-0.3, -0.25) is 4.79 Å². The molecule has 10 heteroatoms. The summed E-state index contributed by atoms with van der Waals surface area (Å²) in [5.74, 6) is -1.90. The third-order valence-corrected chi connectivity index (χ3v) is 5.87. The molecule has 166 valence electrons. The van der Waals surface area contributed by atoms with Crippen molar-refractivity contribution in [3.8, 4) is 22.6 Å². The van der Waals surface area contributed by atoms with Crippen molar-refractivity contribution in [2.75, 3.05) is 6.26 Å². The molecule has 0 aliphatic heterocycles. The Morgan fingerprint density at radius 1 is 1.03 bits per heavy atom. The van der Waals surface area contributed by atoms with Gasteiger partial charge in [0.1, 0.15) is 22.2 Å². The van der Waals surface area contributed by atoms with Crippen molar-refractivity contribution in [2.45, 2.75) is 12.7 Å². The van der Waals surface area contributed by atoms with Crippen molar-refractivity contribution in [1.29, 1.82) is 0 Å².